The van der Waals surface area contributed by atoms with Gasteiger partial charge in [-0.1, -0.05) is 31.2 Å². The van der Waals surface area contributed by atoms with Crippen molar-refractivity contribution >= 4 is 5.97 Å². The third kappa shape index (κ3) is 10.7. The maximum Gasteiger partial charge on any atom is 0.330 e. The van der Waals surface area contributed by atoms with Crippen LogP contribution in [-0.4, -0.2) is 45.8 Å². The van der Waals surface area contributed by atoms with Gasteiger partial charge in [0.25, 0.3) is 0 Å². The molecule has 25 heavy (non-hydrogen) atoms. The maximum absolute atomic E-state index is 11.6. The highest BCUT2D eigenvalue weighted by Crippen LogP contribution is 2.18. The zero-order chi connectivity index (χ0) is 19.1. The van der Waals surface area contributed by atoms with E-state index in [1.54, 1.807) is 26.4 Å². The minimum absolute atomic E-state index is 0.0277. The van der Waals surface area contributed by atoms with Crippen molar-refractivity contribution in [3.63, 3.8) is 0 Å². The molecule has 0 aromatic carbocycles. The van der Waals surface area contributed by atoms with Crippen molar-refractivity contribution in [1.29, 1.82) is 0 Å². The summed E-state index contributed by atoms with van der Waals surface area (Å²) in [4.78, 5) is 11.6. The Hall–Kier alpha value is -1.69. The molecule has 0 aliphatic rings. The molecule has 0 fully saturated rings. The largest absolute Gasteiger partial charge is 0.458 e. The van der Waals surface area contributed by atoms with Gasteiger partial charge in [-0.2, -0.15) is 0 Å². The van der Waals surface area contributed by atoms with Crippen LogP contribution in [0.4, 0.5) is 0 Å². The van der Waals surface area contributed by atoms with E-state index in [1.165, 1.54) is 6.08 Å². The number of carbonyl (C=O) groups excluding carboxylic acids is 1. The van der Waals surface area contributed by atoms with Crippen molar-refractivity contribution in [1.82, 2.24) is 0 Å². The second kappa shape index (κ2) is 14.6. The van der Waals surface area contributed by atoms with E-state index < -0.39 is 0 Å². The van der Waals surface area contributed by atoms with Gasteiger partial charge in [0.05, 0.1) is 6.10 Å². The second-order valence-electron chi connectivity index (χ2n) is 5.72. The lowest BCUT2D eigenvalue weighted by atomic mass is 9.97. The standard InChI is InChI=1S/C20H32O5/c1-7-9-10-11-12-19(21)24-14-16(3)13-17(4)20(25-15-22-5)18(8-2)23-6/h7-8,11-13,17-18,20H,1-2,9-10,14-15H2,3-6H3/b12-11+,16-13-/t17?,18-,20-/m0/s1. The molecule has 0 amide bonds. The van der Waals surface area contributed by atoms with Gasteiger partial charge < -0.3 is 18.9 Å². The minimum Gasteiger partial charge on any atom is -0.458 e. The molecule has 5 heteroatoms. The summed E-state index contributed by atoms with van der Waals surface area (Å²) in [6, 6.07) is 0. The van der Waals surface area contributed by atoms with Gasteiger partial charge in [0, 0.05) is 26.2 Å². The molecule has 5 nitrogen and oxygen atoms in total. The van der Waals surface area contributed by atoms with Gasteiger partial charge in [-0.15, -0.1) is 13.2 Å². The summed E-state index contributed by atoms with van der Waals surface area (Å²) in [6.07, 6.45) is 9.87. The van der Waals surface area contributed by atoms with Crippen LogP contribution in [0, 0.1) is 5.92 Å². The van der Waals surface area contributed by atoms with Crippen LogP contribution < -0.4 is 0 Å². The summed E-state index contributed by atoms with van der Waals surface area (Å²) in [5, 5.41) is 0. The van der Waals surface area contributed by atoms with E-state index in [0.29, 0.717) is 0 Å². The lowest BCUT2D eigenvalue weighted by Gasteiger charge is -2.27. The van der Waals surface area contributed by atoms with Crippen molar-refractivity contribution in [2.75, 3.05) is 27.6 Å². The van der Waals surface area contributed by atoms with Crippen LogP contribution in [0.1, 0.15) is 26.7 Å². The molecule has 0 aromatic rings. The first kappa shape index (κ1) is 23.3. The fraction of sp³-hybridized carbons (Fsp3) is 0.550. The normalized spacial score (nSPS) is 15.6. The van der Waals surface area contributed by atoms with Gasteiger partial charge in [-0.05, 0) is 25.3 Å². The minimum atomic E-state index is -0.350. The second-order valence-corrected chi connectivity index (χ2v) is 5.72. The molecule has 0 aliphatic heterocycles. The molecule has 0 saturated carbocycles. The highest BCUT2D eigenvalue weighted by atomic mass is 16.7. The summed E-state index contributed by atoms with van der Waals surface area (Å²) >= 11 is 0. The monoisotopic (exact) mass is 352 g/mol. The predicted molar refractivity (Wildman–Crippen MR) is 100 cm³/mol. The van der Waals surface area contributed by atoms with E-state index in [9.17, 15) is 4.79 Å². The molecule has 0 spiro atoms. The van der Waals surface area contributed by atoms with Crippen LogP contribution in [0.25, 0.3) is 0 Å². The number of methoxy groups -OCH3 is 2. The molecule has 1 unspecified atom stereocenters. The van der Waals surface area contributed by atoms with Gasteiger partial charge in [0.1, 0.15) is 19.5 Å². The Balaban J connectivity index is 4.63. The zero-order valence-electron chi connectivity index (χ0n) is 15.9. The number of carbonyl (C=O) groups is 1. The van der Waals surface area contributed by atoms with E-state index in [1.807, 2.05) is 26.0 Å². The Morgan fingerprint density at radius 3 is 2.48 bits per heavy atom. The number of rotatable bonds is 14. The Morgan fingerprint density at radius 1 is 1.20 bits per heavy atom. The molecular formula is C20H32O5. The van der Waals surface area contributed by atoms with Crippen LogP contribution in [0.15, 0.2) is 49.1 Å². The van der Waals surface area contributed by atoms with Crippen molar-refractivity contribution < 1.29 is 23.7 Å². The Kier molecular flexibility index (Phi) is 13.6. The third-order valence-corrected chi connectivity index (χ3v) is 3.51. The average Bonchev–Trinajstić information content (AvgIpc) is 2.60. The molecule has 0 N–H and O–H groups in total. The molecule has 142 valence electrons. The molecule has 3 atom stereocenters. The first-order valence-electron chi connectivity index (χ1n) is 8.37. The summed E-state index contributed by atoms with van der Waals surface area (Å²) in [5.41, 5.74) is 0.935. The van der Waals surface area contributed by atoms with Crippen LogP contribution in [0.3, 0.4) is 0 Å². The predicted octanol–water partition coefficient (Wildman–Crippen LogP) is 3.82. The van der Waals surface area contributed by atoms with Crippen LogP contribution in [0.2, 0.25) is 0 Å². The Morgan fingerprint density at radius 2 is 1.92 bits per heavy atom. The molecule has 0 bridgehead atoms. The fourth-order valence-electron chi connectivity index (χ4n) is 2.28. The summed E-state index contributed by atoms with van der Waals surface area (Å²) < 4.78 is 21.3. The Bertz CT molecular complexity index is 453. The van der Waals surface area contributed by atoms with E-state index in [0.717, 1.165) is 18.4 Å². The van der Waals surface area contributed by atoms with Gasteiger partial charge in [0.15, 0.2) is 0 Å². The Labute approximate surface area is 152 Å². The molecule has 0 aliphatic carbocycles. The van der Waals surface area contributed by atoms with Crippen LogP contribution >= 0.6 is 0 Å². The fourth-order valence-corrected chi connectivity index (χ4v) is 2.28. The lowest BCUT2D eigenvalue weighted by Crippen LogP contribution is -2.35. The maximum atomic E-state index is 11.6. The molecular weight excluding hydrogens is 320 g/mol. The van der Waals surface area contributed by atoms with Gasteiger partial charge in [-0.3, -0.25) is 0 Å². The lowest BCUT2D eigenvalue weighted by molar-refractivity contribution is -0.136. The summed E-state index contributed by atoms with van der Waals surface area (Å²) in [7, 11) is 3.18. The number of ether oxygens (including phenoxy) is 4. The van der Waals surface area contributed by atoms with E-state index in [-0.39, 0.29) is 37.5 Å². The number of hydrogen-bond acceptors (Lipinski definition) is 5. The number of allylic oxidation sites excluding steroid dienone is 2. The first-order chi connectivity index (χ1) is 12.0. The third-order valence-electron chi connectivity index (χ3n) is 3.51. The van der Waals surface area contributed by atoms with E-state index in [2.05, 4.69) is 13.2 Å². The smallest absolute Gasteiger partial charge is 0.330 e. The highest BCUT2D eigenvalue weighted by molar-refractivity contribution is 5.81. The molecule has 0 radical (unpaired) electrons. The van der Waals surface area contributed by atoms with Crippen molar-refractivity contribution in [2.45, 2.75) is 38.9 Å². The van der Waals surface area contributed by atoms with Crippen molar-refractivity contribution in [2.24, 2.45) is 5.92 Å². The van der Waals surface area contributed by atoms with Crippen LogP contribution in [-0.2, 0) is 23.7 Å². The van der Waals surface area contributed by atoms with Gasteiger partial charge in [0.2, 0.25) is 0 Å². The molecule has 0 heterocycles. The average molecular weight is 352 g/mol. The molecule has 0 saturated heterocycles. The SMILES string of the molecule is C=CCC/C=C/C(=O)OC/C(C)=C\C(C)[C@H](OCOC)[C@H](C=C)OC. The summed E-state index contributed by atoms with van der Waals surface area (Å²) in [5.74, 6) is -0.322. The topological polar surface area (TPSA) is 54.0 Å². The summed E-state index contributed by atoms with van der Waals surface area (Å²) in [6.45, 7) is 11.7. The van der Waals surface area contributed by atoms with Crippen molar-refractivity contribution in [3.8, 4) is 0 Å². The van der Waals surface area contributed by atoms with Crippen molar-refractivity contribution in [3.05, 3.63) is 49.1 Å². The molecule has 0 aromatic heterocycles. The number of hydrogen-bond donors (Lipinski definition) is 0. The van der Waals surface area contributed by atoms with E-state index in [4.69, 9.17) is 18.9 Å². The quantitative estimate of drug-likeness (QED) is 0.156. The number of unbranched alkanes of at least 4 members (excludes halogenated alkanes) is 1. The zero-order valence-corrected chi connectivity index (χ0v) is 15.9. The number of esters is 1. The molecule has 0 rings (SSSR count). The van der Waals surface area contributed by atoms with Gasteiger partial charge in [-0.25, -0.2) is 4.79 Å². The highest BCUT2D eigenvalue weighted by Gasteiger charge is 2.24. The van der Waals surface area contributed by atoms with E-state index >= 15 is 0 Å². The van der Waals surface area contributed by atoms with Crippen LogP contribution in [0.5, 0.6) is 0 Å². The van der Waals surface area contributed by atoms with Gasteiger partial charge >= 0.3 is 5.97 Å². The first-order valence-corrected chi connectivity index (χ1v) is 8.37.